The predicted octanol–water partition coefficient (Wildman–Crippen LogP) is 2.43. The number of hydrogen-bond acceptors (Lipinski definition) is 5. The van der Waals surface area contributed by atoms with Crippen molar-refractivity contribution in [2.24, 2.45) is 16.8 Å². The molecular weight excluding hydrogens is 475 g/mol. The summed E-state index contributed by atoms with van der Waals surface area (Å²) < 4.78 is 4.94. The molecule has 8 heteroatoms. The Bertz CT molecular complexity index is 651. The van der Waals surface area contributed by atoms with E-state index < -0.39 is 0 Å². The van der Waals surface area contributed by atoms with Crippen molar-refractivity contribution in [1.29, 1.82) is 0 Å². The number of esters is 1. The molecule has 0 aromatic carbocycles. The van der Waals surface area contributed by atoms with Crippen molar-refractivity contribution in [3.63, 3.8) is 0 Å². The molecule has 2 aliphatic rings. The van der Waals surface area contributed by atoms with Gasteiger partial charge in [-0.1, -0.05) is 6.92 Å². The van der Waals surface area contributed by atoms with Gasteiger partial charge in [-0.3, -0.25) is 14.7 Å². The van der Waals surface area contributed by atoms with Crippen LogP contribution in [0.25, 0.3) is 0 Å². The molecule has 27 heavy (non-hydrogen) atoms. The van der Waals surface area contributed by atoms with Gasteiger partial charge in [0.15, 0.2) is 5.96 Å². The molecule has 0 bridgehead atoms. The second kappa shape index (κ2) is 10.6. The molecule has 3 rings (SSSR count). The average molecular weight is 506 g/mol. The molecule has 1 fully saturated rings. The van der Waals surface area contributed by atoms with Gasteiger partial charge >= 0.3 is 5.97 Å². The molecule has 3 heterocycles. The number of likely N-dealkylation sites (tertiary alicyclic amines) is 1. The lowest BCUT2D eigenvalue weighted by Gasteiger charge is -2.26. The van der Waals surface area contributed by atoms with Gasteiger partial charge in [0.05, 0.1) is 19.6 Å². The number of methoxy groups -OCH3 is 1. The van der Waals surface area contributed by atoms with Crippen molar-refractivity contribution < 1.29 is 9.53 Å². The first-order chi connectivity index (χ1) is 12.6. The van der Waals surface area contributed by atoms with E-state index in [0.29, 0.717) is 6.54 Å². The third-order valence-electron chi connectivity index (χ3n) is 5.32. The number of nitrogens with zero attached hydrogens (tertiary/aromatic N) is 3. The molecule has 1 saturated heterocycles. The molecule has 1 aromatic heterocycles. The van der Waals surface area contributed by atoms with E-state index in [1.165, 1.54) is 17.6 Å². The maximum Gasteiger partial charge on any atom is 0.310 e. The van der Waals surface area contributed by atoms with Crippen LogP contribution in [0.2, 0.25) is 0 Å². The van der Waals surface area contributed by atoms with Crippen LogP contribution in [0.3, 0.4) is 0 Å². The van der Waals surface area contributed by atoms with Crippen LogP contribution < -0.4 is 5.32 Å². The number of nitrogens with one attached hydrogen (secondary N) is 1. The SMILES string of the molecule is CCNC(=NCCN1CCc2sccc2C1)N1CC(C)C(C(=O)OC)C1.I. The molecule has 0 radical (unpaired) electrons. The molecule has 2 unspecified atom stereocenters. The topological polar surface area (TPSA) is 57.2 Å². The predicted molar refractivity (Wildman–Crippen MR) is 121 cm³/mol. The van der Waals surface area contributed by atoms with Crippen molar-refractivity contribution in [3.05, 3.63) is 21.9 Å². The standard InChI is InChI=1S/C19H30N4O2S.HI/c1-4-20-19(23-11-14(2)16(13-23)18(24)25-3)21-7-9-22-8-5-17-15(12-22)6-10-26-17;/h6,10,14,16H,4-5,7-9,11-13H2,1-3H3,(H,20,21);1H. The second-order valence-corrected chi connectivity index (χ2v) is 8.14. The van der Waals surface area contributed by atoms with E-state index in [2.05, 4.69) is 40.4 Å². The van der Waals surface area contributed by atoms with Crippen LogP contribution in [0.5, 0.6) is 0 Å². The number of carbonyl (C=O) groups is 1. The summed E-state index contributed by atoms with van der Waals surface area (Å²) in [4.78, 5) is 23.0. The highest BCUT2D eigenvalue weighted by atomic mass is 127. The molecular formula is C19H31IN4O2S. The zero-order chi connectivity index (χ0) is 18.5. The minimum Gasteiger partial charge on any atom is -0.469 e. The summed E-state index contributed by atoms with van der Waals surface area (Å²) in [5.41, 5.74) is 1.48. The monoisotopic (exact) mass is 506 g/mol. The fraction of sp³-hybridized carbons (Fsp3) is 0.684. The maximum absolute atomic E-state index is 11.9. The van der Waals surface area contributed by atoms with Gasteiger partial charge in [0.1, 0.15) is 0 Å². The Balaban J connectivity index is 0.00000261. The van der Waals surface area contributed by atoms with Crippen LogP contribution >= 0.6 is 35.3 Å². The van der Waals surface area contributed by atoms with Crippen LogP contribution in [0.1, 0.15) is 24.3 Å². The Morgan fingerprint density at radius 2 is 2.26 bits per heavy atom. The Morgan fingerprint density at radius 3 is 3.00 bits per heavy atom. The highest BCUT2D eigenvalue weighted by Gasteiger charge is 2.36. The second-order valence-electron chi connectivity index (χ2n) is 7.14. The van der Waals surface area contributed by atoms with Crippen LogP contribution in [0, 0.1) is 11.8 Å². The van der Waals surface area contributed by atoms with Crippen molar-refractivity contribution in [3.8, 4) is 0 Å². The summed E-state index contributed by atoms with van der Waals surface area (Å²) in [5.74, 6) is 1.02. The van der Waals surface area contributed by atoms with Crippen molar-refractivity contribution >= 4 is 47.2 Å². The number of rotatable bonds is 5. The highest BCUT2D eigenvalue weighted by molar-refractivity contribution is 14.0. The number of thiophene rings is 1. The lowest BCUT2D eigenvalue weighted by atomic mass is 9.99. The molecule has 0 saturated carbocycles. The number of guanidine groups is 1. The van der Waals surface area contributed by atoms with Gasteiger partial charge in [0.25, 0.3) is 0 Å². The Hall–Kier alpha value is -0.870. The number of aliphatic imine (C=N–C) groups is 1. The molecule has 2 aliphatic heterocycles. The van der Waals surface area contributed by atoms with Crippen molar-refractivity contribution in [2.75, 3.05) is 46.4 Å². The first kappa shape index (κ1) is 22.4. The van der Waals surface area contributed by atoms with Crippen LogP contribution in [0.15, 0.2) is 16.4 Å². The van der Waals surface area contributed by atoms with Gasteiger partial charge in [0, 0.05) is 44.1 Å². The van der Waals surface area contributed by atoms with Gasteiger partial charge < -0.3 is 15.0 Å². The minimum absolute atomic E-state index is 0. The van der Waals surface area contributed by atoms with Crippen molar-refractivity contribution in [2.45, 2.75) is 26.8 Å². The van der Waals surface area contributed by atoms with E-state index in [9.17, 15) is 4.79 Å². The molecule has 152 valence electrons. The first-order valence-electron chi connectivity index (χ1n) is 9.51. The number of halogens is 1. The van der Waals surface area contributed by atoms with E-state index in [-0.39, 0.29) is 41.8 Å². The fourth-order valence-electron chi connectivity index (χ4n) is 3.82. The number of carbonyl (C=O) groups excluding carboxylic acids is 1. The van der Waals surface area contributed by atoms with E-state index in [1.54, 1.807) is 0 Å². The van der Waals surface area contributed by atoms with Crippen LogP contribution in [-0.2, 0) is 22.5 Å². The number of fused-ring (bicyclic) bond motifs is 1. The Labute approximate surface area is 183 Å². The van der Waals surface area contributed by atoms with Crippen LogP contribution in [0.4, 0.5) is 0 Å². The summed E-state index contributed by atoms with van der Waals surface area (Å²) in [5, 5.41) is 5.58. The average Bonchev–Trinajstić information content (AvgIpc) is 3.26. The largest absolute Gasteiger partial charge is 0.469 e. The Kier molecular flexibility index (Phi) is 8.81. The third-order valence-corrected chi connectivity index (χ3v) is 6.34. The van der Waals surface area contributed by atoms with Crippen LogP contribution in [-0.4, -0.2) is 68.1 Å². The Morgan fingerprint density at radius 1 is 1.44 bits per heavy atom. The van der Waals surface area contributed by atoms with Gasteiger partial charge in [-0.25, -0.2) is 0 Å². The zero-order valence-electron chi connectivity index (χ0n) is 16.4. The van der Waals surface area contributed by atoms with Gasteiger partial charge in [-0.15, -0.1) is 35.3 Å². The lowest BCUT2D eigenvalue weighted by molar-refractivity contribution is -0.145. The molecule has 0 spiro atoms. The minimum atomic E-state index is -0.115. The van der Waals surface area contributed by atoms with Gasteiger partial charge in [-0.2, -0.15) is 0 Å². The molecule has 0 amide bonds. The summed E-state index contributed by atoms with van der Waals surface area (Å²) in [7, 11) is 1.47. The molecule has 1 aromatic rings. The summed E-state index contributed by atoms with van der Waals surface area (Å²) >= 11 is 1.88. The molecule has 6 nitrogen and oxygen atoms in total. The third kappa shape index (κ3) is 5.57. The lowest BCUT2D eigenvalue weighted by Crippen LogP contribution is -2.41. The van der Waals surface area contributed by atoms with E-state index in [1.807, 2.05) is 11.3 Å². The zero-order valence-corrected chi connectivity index (χ0v) is 19.6. The maximum atomic E-state index is 11.9. The quantitative estimate of drug-likeness (QED) is 0.288. The number of hydrogen-bond donors (Lipinski definition) is 1. The molecule has 1 N–H and O–H groups in total. The highest BCUT2D eigenvalue weighted by Crippen LogP contribution is 2.25. The molecule has 2 atom stereocenters. The van der Waals surface area contributed by atoms with Gasteiger partial charge in [0.2, 0.25) is 0 Å². The smallest absolute Gasteiger partial charge is 0.310 e. The summed E-state index contributed by atoms with van der Waals surface area (Å²) in [6, 6.07) is 2.25. The normalized spacial score (nSPS) is 22.9. The van der Waals surface area contributed by atoms with E-state index >= 15 is 0 Å². The fourth-order valence-corrected chi connectivity index (χ4v) is 4.71. The van der Waals surface area contributed by atoms with Gasteiger partial charge in [-0.05, 0) is 36.3 Å². The van der Waals surface area contributed by atoms with Crippen molar-refractivity contribution in [1.82, 2.24) is 15.1 Å². The van der Waals surface area contributed by atoms with E-state index in [4.69, 9.17) is 9.73 Å². The number of ether oxygens (including phenoxy) is 1. The first-order valence-corrected chi connectivity index (χ1v) is 10.4. The summed E-state index contributed by atoms with van der Waals surface area (Å²) in [6.45, 7) is 10.4. The summed E-state index contributed by atoms with van der Waals surface area (Å²) in [6.07, 6.45) is 1.15. The molecule has 0 aliphatic carbocycles. The van der Waals surface area contributed by atoms with E-state index in [0.717, 1.165) is 51.6 Å².